The van der Waals surface area contributed by atoms with Gasteiger partial charge in [-0.05, 0) is 48.7 Å². The molecule has 11 heteroatoms. The molecule has 5 rings (SSSR count). The van der Waals surface area contributed by atoms with Crippen LogP contribution in [-0.2, 0) is 0 Å². The summed E-state index contributed by atoms with van der Waals surface area (Å²) in [6.07, 6.45) is 4.38. The van der Waals surface area contributed by atoms with Gasteiger partial charge in [-0.2, -0.15) is 15.0 Å². The first-order chi connectivity index (χ1) is 18.6. The molecule has 0 radical (unpaired) electrons. The topological polar surface area (TPSA) is 151 Å². The van der Waals surface area contributed by atoms with E-state index in [2.05, 4.69) is 30.6 Å². The van der Waals surface area contributed by atoms with Gasteiger partial charge in [0.1, 0.15) is 23.1 Å². The van der Waals surface area contributed by atoms with Gasteiger partial charge in [0.2, 0.25) is 0 Å². The van der Waals surface area contributed by atoms with Crippen LogP contribution in [0.3, 0.4) is 0 Å². The van der Waals surface area contributed by atoms with Gasteiger partial charge in [0, 0.05) is 23.5 Å². The van der Waals surface area contributed by atoms with Gasteiger partial charge in [-0.15, -0.1) is 10.2 Å². The predicted molar refractivity (Wildman–Crippen MR) is 139 cm³/mol. The molecular formula is C27H20N8O3. The summed E-state index contributed by atoms with van der Waals surface area (Å²) < 4.78 is 6.70. The largest absolute Gasteiger partial charge is 0.505 e. The highest BCUT2D eigenvalue weighted by molar-refractivity contribution is 6.11. The third-order valence-electron chi connectivity index (χ3n) is 5.51. The van der Waals surface area contributed by atoms with E-state index in [1.165, 1.54) is 23.3 Å². The van der Waals surface area contributed by atoms with Gasteiger partial charge >= 0.3 is 0 Å². The molecule has 38 heavy (non-hydrogen) atoms. The molecule has 1 amide bonds. The summed E-state index contributed by atoms with van der Waals surface area (Å²) in [6.45, 7) is 2.42. The van der Waals surface area contributed by atoms with E-state index in [0.29, 0.717) is 28.8 Å². The molecule has 0 saturated carbocycles. The van der Waals surface area contributed by atoms with Crippen molar-refractivity contribution < 1.29 is 14.6 Å². The number of phenolic OH excluding ortho intramolecular Hbond substituents is 1. The van der Waals surface area contributed by atoms with E-state index in [9.17, 15) is 15.2 Å². The van der Waals surface area contributed by atoms with E-state index in [0.717, 1.165) is 0 Å². The third kappa shape index (κ3) is 4.74. The number of ether oxygens (including phenoxy) is 1. The van der Waals surface area contributed by atoms with Gasteiger partial charge in [-0.25, -0.2) is 9.97 Å². The van der Waals surface area contributed by atoms with Crippen molar-refractivity contribution in [2.75, 3.05) is 11.9 Å². The van der Waals surface area contributed by atoms with Crippen molar-refractivity contribution in [3.8, 4) is 23.5 Å². The van der Waals surface area contributed by atoms with Crippen LogP contribution in [0.1, 0.15) is 22.8 Å². The molecule has 0 aliphatic carbocycles. The van der Waals surface area contributed by atoms with Crippen LogP contribution >= 0.6 is 0 Å². The number of benzene rings is 3. The Balaban J connectivity index is 1.55. The number of nitrogens with zero attached hydrogens (tertiary/aromatic N) is 7. The van der Waals surface area contributed by atoms with Crippen LogP contribution < -0.4 is 10.1 Å². The minimum absolute atomic E-state index is 0.00643. The molecule has 0 fully saturated rings. The summed E-state index contributed by atoms with van der Waals surface area (Å²) >= 11 is 0. The average molecular weight is 505 g/mol. The van der Waals surface area contributed by atoms with Crippen LogP contribution in [-0.4, -0.2) is 37.4 Å². The highest BCUT2D eigenvalue weighted by atomic mass is 16.5. The Bertz CT molecular complexity index is 1690. The number of hydrogen-bond donors (Lipinski definition) is 2. The van der Waals surface area contributed by atoms with E-state index in [-0.39, 0.29) is 34.3 Å². The summed E-state index contributed by atoms with van der Waals surface area (Å²) in [7, 11) is 0. The summed E-state index contributed by atoms with van der Waals surface area (Å²) in [5.74, 6) is 0.0521. The monoisotopic (exact) mass is 504 g/mol. The first-order valence-corrected chi connectivity index (χ1v) is 11.5. The number of fused-ring (bicyclic) bond motifs is 1. The lowest BCUT2D eigenvalue weighted by atomic mass is 10.0. The van der Waals surface area contributed by atoms with Gasteiger partial charge in [-0.3, -0.25) is 4.79 Å². The second-order valence-electron chi connectivity index (χ2n) is 7.91. The number of carbonyl (C=O) groups excluding carboxylic acids is 1. The number of rotatable bonds is 7. The number of nitriles is 1. The second-order valence-corrected chi connectivity index (χ2v) is 7.91. The molecular weight excluding hydrogens is 484 g/mol. The Morgan fingerprint density at radius 3 is 2.61 bits per heavy atom. The molecule has 3 aromatic carbocycles. The molecule has 2 heterocycles. The van der Waals surface area contributed by atoms with Gasteiger partial charge in [0.15, 0.2) is 11.6 Å². The number of aromatic nitrogens is 4. The van der Waals surface area contributed by atoms with Crippen molar-refractivity contribution in [3.63, 3.8) is 0 Å². The number of anilines is 1. The van der Waals surface area contributed by atoms with Crippen LogP contribution in [0, 0.1) is 11.3 Å². The van der Waals surface area contributed by atoms with Crippen molar-refractivity contribution in [2.45, 2.75) is 6.92 Å². The number of amides is 1. The maximum Gasteiger partial charge on any atom is 0.259 e. The summed E-state index contributed by atoms with van der Waals surface area (Å²) in [4.78, 5) is 21.4. The van der Waals surface area contributed by atoms with E-state index < -0.39 is 5.91 Å². The van der Waals surface area contributed by atoms with E-state index in [1.54, 1.807) is 54.6 Å². The molecule has 0 aliphatic heterocycles. The molecule has 0 aliphatic rings. The average Bonchev–Trinajstić information content (AvgIpc) is 3.37. The Kier molecular flexibility index (Phi) is 6.69. The molecule has 0 saturated heterocycles. The van der Waals surface area contributed by atoms with Crippen LogP contribution in [0.4, 0.5) is 17.2 Å². The van der Waals surface area contributed by atoms with Crippen molar-refractivity contribution >= 4 is 33.9 Å². The van der Waals surface area contributed by atoms with Gasteiger partial charge in [-0.1, -0.05) is 24.3 Å². The summed E-state index contributed by atoms with van der Waals surface area (Å²) in [6, 6.07) is 19.3. The van der Waals surface area contributed by atoms with Crippen molar-refractivity contribution in [1.29, 1.82) is 5.26 Å². The van der Waals surface area contributed by atoms with Gasteiger partial charge in [0.25, 0.3) is 11.9 Å². The second kappa shape index (κ2) is 10.5. The molecule has 5 aromatic rings. The number of azo groups is 1. The SMILES string of the molecule is CCOc1ccc(NC(=O)c2cc3ccccc3c(/N=N/c3c(C#N)cnn3-c3ncccn3)c2O)cc1. The third-order valence-corrected chi connectivity index (χ3v) is 5.51. The molecule has 2 N–H and O–H groups in total. The zero-order valence-electron chi connectivity index (χ0n) is 20.1. The molecule has 0 unspecified atom stereocenters. The van der Waals surface area contributed by atoms with Gasteiger partial charge < -0.3 is 15.2 Å². The Labute approximate surface area is 216 Å². The Hall–Kier alpha value is -5.63. The van der Waals surface area contributed by atoms with E-state index >= 15 is 0 Å². The Morgan fingerprint density at radius 1 is 1.11 bits per heavy atom. The molecule has 186 valence electrons. The first-order valence-electron chi connectivity index (χ1n) is 11.5. The smallest absolute Gasteiger partial charge is 0.259 e. The standard InChI is InChI=1S/C27H20N8O3/c1-2-38-20-10-8-19(9-11-20)32-26(37)22-14-17-6-3-4-7-21(17)23(24(22)36)33-34-25-18(15-28)16-31-35(25)27-29-12-5-13-30-27/h3-14,16,36H,2H2,1H3,(H,32,37)/b34-33+. The highest BCUT2D eigenvalue weighted by Gasteiger charge is 2.20. The number of aromatic hydroxyl groups is 1. The van der Waals surface area contributed by atoms with Gasteiger partial charge in [0.05, 0.1) is 18.4 Å². The van der Waals surface area contributed by atoms with Crippen LogP contribution in [0.2, 0.25) is 0 Å². The Morgan fingerprint density at radius 2 is 1.87 bits per heavy atom. The fourth-order valence-electron chi connectivity index (χ4n) is 3.75. The van der Waals surface area contributed by atoms with E-state index in [4.69, 9.17) is 4.74 Å². The van der Waals surface area contributed by atoms with Crippen LogP contribution in [0.5, 0.6) is 11.5 Å². The fourth-order valence-corrected chi connectivity index (χ4v) is 3.75. The summed E-state index contributed by atoms with van der Waals surface area (Å²) in [5.41, 5.74) is 0.728. The lowest BCUT2D eigenvalue weighted by Gasteiger charge is -2.11. The highest BCUT2D eigenvalue weighted by Crippen LogP contribution is 2.40. The minimum atomic E-state index is -0.533. The molecule has 11 nitrogen and oxygen atoms in total. The molecule has 2 aromatic heterocycles. The number of nitrogens with one attached hydrogen (secondary N) is 1. The first kappa shape index (κ1) is 24.1. The number of phenols is 1. The van der Waals surface area contributed by atoms with Crippen molar-refractivity contribution in [2.24, 2.45) is 10.2 Å². The molecule has 0 spiro atoms. The van der Waals surface area contributed by atoms with E-state index in [1.807, 2.05) is 19.1 Å². The zero-order valence-corrected chi connectivity index (χ0v) is 20.1. The minimum Gasteiger partial charge on any atom is -0.505 e. The van der Waals surface area contributed by atoms with Crippen LogP contribution in [0.15, 0.2) is 89.5 Å². The van der Waals surface area contributed by atoms with Crippen molar-refractivity contribution in [3.05, 3.63) is 90.4 Å². The number of carbonyl (C=O) groups is 1. The maximum absolute atomic E-state index is 13.2. The quantitative estimate of drug-likeness (QED) is 0.279. The van der Waals surface area contributed by atoms with Crippen molar-refractivity contribution in [1.82, 2.24) is 19.7 Å². The fraction of sp³-hybridized carbons (Fsp3) is 0.0741. The molecule has 0 atom stereocenters. The lowest BCUT2D eigenvalue weighted by Crippen LogP contribution is -2.12. The van der Waals surface area contributed by atoms with Crippen LogP contribution in [0.25, 0.3) is 16.7 Å². The maximum atomic E-state index is 13.2. The predicted octanol–water partition coefficient (Wildman–Crippen LogP) is 5.46. The lowest BCUT2D eigenvalue weighted by molar-refractivity contribution is 0.102. The summed E-state index contributed by atoms with van der Waals surface area (Å²) in [5, 5.41) is 37.3. The molecule has 0 bridgehead atoms. The normalized spacial score (nSPS) is 10.9. The number of hydrogen-bond acceptors (Lipinski definition) is 9. The zero-order chi connectivity index (χ0) is 26.5.